The first-order valence-electron chi connectivity index (χ1n) is 0. The molecule has 0 saturated carbocycles. The van der Waals surface area contributed by atoms with E-state index in [1.807, 2.05) is 0 Å². The summed E-state index contributed by atoms with van der Waals surface area (Å²) in [5.74, 6) is 0. The molecular weight excluding hydrogens is 626 g/mol. The van der Waals surface area contributed by atoms with E-state index in [-0.39, 0.29) is 126 Å². The predicted octanol–water partition coefficient (Wildman–Crippen LogP) is -1.08. The van der Waals surface area contributed by atoms with Crippen LogP contribution < -0.4 is 0 Å². The van der Waals surface area contributed by atoms with Crippen molar-refractivity contribution >= 4 is 0 Å². The Balaban J connectivity index is 0. The maximum absolute atomic E-state index is 0. The topological polar surface area (TPSA) is 256 Å². The minimum Gasteiger partial charge on any atom is -2.00 e. The van der Waals surface area contributed by atoms with Crippen molar-refractivity contribution in [3.63, 3.8) is 0 Å². The van der Waals surface area contributed by atoms with Gasteiger partial charge in [0.2, 0.25) is 0 Å². The first-order chi connectivity index (χ1) is 0. The van der Waals surface area contributed by atoms with E-state index in [1.165, 1.54) is 0 Å². The molecule has 0 atom stereocenters. The van der Waals surface area contributed by atoms with Gasteiger partial charge in [0.1, 0.15) is 0 Å². The van der Waals surface area contributed by atoms with E-state index in [0.717, 1.165) is 0 Å². The standard InChI is InChI=1S/9O.2Os.2V/q9*-2;2*+4;;. The number of hydrogen-bond acceptors (Lipinski definition) is 0. The van der Waals surface area contributed by atoms with Gasteiger partial charge in [0.05, 0.1) is 0 Å². The van der Waals surface area contributed by atoms with E-state index in [1.54, 1.807) is 0 Å². The molecule has 2 radical (unpaired) electrons. The Hall–Kier alpha value is 2.08. The van der Waals surface area contributed by atoms with Gasteiger partial charge in [0.15, 0.2) is 0 Å². The molecule has 0 heterocycles. The van der Waals surface area contributed by atoms with Crippen LogP contribution in [0.25, 0.3) is 0 Å². The normalized spacial score (nSPS) is 0. The molecule has 0 aliphatic carbocycles. The fraction of sp³-hybridized carbons (Fsp3) is 0. The second-order valence-corrected chi connectivity index (χ2v) is 0. The Bertz CT molecular complexity index is 15.6. The fourth-order valence-electron chi connectivity index (χ4n) is 0. The van der Waals surface area contributed by atoms with Gasteiger partial charge in [-0.2, -0.15) is 0 Å². The molecule has 0 spiro atoms. The zero-order valence-corrected chi connectivity index (χ0v) is 13.1. The predicted molar refractivity (Wildman–Crippen MR) is 6.18 cm³/mol. The van der Waals surface area contributed by atoms with Gasteiger partial charge in [-0.25, -0.2) is 0 Å². The maximum atomic E-state index is 0. The number of hydrogen-bond donors (Lipinski definition) is 0. The Morgan fingerprint density at radius 2 is 0.231 bits per heavy atom. The molecule has 0 unspecified atom stereocenters. The van der Waals surface area contributed by atoms with Crippen LogP contribution in [-0.2, 0) is 126 Å². The molecule has 0 N–H and O–H groups in total. The first kappa shape index (κ1) is 690. The van der Waals surface area contributed by atoms with Crippen LogP contribution in [0, 0.1) is 0 Å². The van der Waals surface area contributed by atoms with Crippen LogP contribution in [0.2, 0.25) is 0 Å². The second-order valence-electron chi connectivity index (χ2n) is 0. The summed E-state index contributed by atoms with van der Waals surface area (Å²) < 4.78 is 0. The summed E-state index contributed by atoms with van der Waals surface area (Å²) in [5.41, 5.74) is 0. The van der Waals surface area contributed by atoms with Crippen LogP contribution in [-0.4, -0.2) is 0 Å². The van der Waals surface area contributed by atoms with E-state index in [4.69, 9.17) is 0 Å². The molecule has 0 aromatic carbocycles. The van der Waals surface area contributed by atoms with E-state index < -0.39 is 0 Å². The molecular formula is O9Os2V2-10. The molecule has 13 heteroatoms. The Morgan fingerprint density at radius 1 is 0.231 bits per heavy atom. The van der Waals surface area contributed by atoms with Crippen LogP contribution in [0.3, 0.4) is 0 Å². The number of rotatable bonds is 0. The van der Waals surface area contributed by atoms with Crippen molar-refractivity contribution in [2.45, 2.75) is 0 Å². The van der Waals surface area contributed by atoms with Crippen LogP contribution >= 0.6 is 0 Å². The summed E-state index contributed by atoms with van der Waals surface area (Å²) >= 11 is 0. The monoisotopic (exact) mass is 630 g/mol. The maximum Gasteiger partial charge on any atom is 4.00 e. The van der Waals surface area contributed by atoms with Gasteiger partial charge in [-0.15, -0.1) is 0 Å². The van der Waals surface area contributed by atoms with Gasteiger partial charge in [0.25, 0.3) is 0 Å². The molecule has 0 fully saturated rings. The van der Waals surface area contributed by atoms with Gasteiger partial charge in [-0.3, -0.25) is 0 Å². The van der Waals surface area contributed by atoms with Crippen molar-refractivity contribution in [2.24, 2.45) is 0 Å². The summed E-state index contributed by atoms with van der Waals surface area (Å²) in [4.78, 5) is 0. The molecule has 0 aliphatic heterocycles. The Labute approximate surface area is 125 Å². The van der Waals surface area contributed by atoms with Crippen LogP contribution in [0.15, 0.2) is 0 Å². The average molecular weight is 626 g/mol. The van der Waals surface area contributed by atoms with Gasteiger partial charge in [-0.1, -0.05) is 0 Å². The SMILES string of the molecule is [O-2].[O-2].[O-2].[O-2].[O-2].[O-2].[O-2].[O-2].[O-2].[Os+4].[Os+4].[V].[V]. The zero-order chi connectivity index (χ0) is 0. The smallest absolute Gasteiger partial charge is 2.00 e. The summed E-state index contributed by atoms with van der Waals surface area (Å²) in [6.45, 7) is 0. The molecule has 90 valence electrons. The van der Waals surface area contributed by atoms with Gasteiger partial charge in [-0.05, 0) is 0 Å². The molecule has 0 aromatic heterocycles. The molecule has 0 amide bonds. The van der Waals surface area contributed by atoms with Crippen LogP contribution in [0.1, 0.15) is 0 Å². The van der Waals surface area contributed by atoms with Gasteiger partial charge in [0, 0.05) is 37.1 Å². The van der Waals surface area contributed by atoms with Gasteiger partial charge >= 0.3 is 39.6 Å². The third-order valence-electron chi connectivity index (χ3n) is 0. The summed E-state index contributed by atoms with van der Waals surface area (Å²) in [6, 6.07) is 0. The second kappa shape index (κ2) is 556. The minimum atomic E-state index is 0. The molecule has 9 nitrogen and oxygen atoms in total. The molecule has 0 bridgehead atoms. The molecule has 13 heavy (non-hydrogen) atoms. The van der Waals surface area contributed by atoms with E-state index in [2.05, 4.69) is 0 Å². The molecule has 0 aliphatic rings. The average Bonchev–Trinajstić information content (AvgIpc) is 0. The van der Waals surface area contributed by atoms with E-state index in [0.29, 0.717) is 0 Å². The quantitative estimate of drug-likeness (QED) is 0.311. The summed E-state index contributed by atoms with van der Waals surface area (Å²) in [6.07, 6.45) is 0. The fourth-order valence-corrected chi connectivity index (χ4v) is 0. The van der Waals surface area contributed by atoms with Crippen LogP contribution in [0.4, 0.5) is 0 Å². The van der Waals surface area contributed by atoms with E-state index >= 15 is 0 Å². The first-order valence-corrected chi connectivity index (χ1v) is 0. The Morgan fingerprint density at radius 3 is 0.231 bits per heavy atom. The summed E-state index contributed by atoms with van der Waals surface area (Å²) in [7, 11) is 0. The Kier molecular flexibility index (Phi) is 29500. The van der Waals surface area contributed by atoms with Crippen molar-refractivity contribution < 1.29 is 126 Å². The van der Waals surface area contributed by atoms with Crippen molar-refractivity contribution in [3.05, 3.63) is 0 Å². The largest absolute Gasteiger partial charge is 4.00 e. The third kappa shape index (κ3) is 474. The molecule has 0 rings (SSSR count). The van der Waals surface area contributed by atoms with Crippen molar-refractivity contribution in [2.75, 3.05) is 0 Å². The minimum absolute atomic E-state index is 0. The van der Waals surface area contributed by atoms with Crippen molar-refractivity contribution in [3.8, 4) is 0 Å². The molecule has 0 aromatic rings. The van der Waals surface area contributed by atoms with E-state index in [9.17, 15) is 0 Å². The summed E-state index contributed by atoms with van der Waals surface area (Å²) in [5, 5.41) is 0. The van der Waals surface area contributed by atoms with Gasteiger partial charge < -0.3 is 49.3 Å². The molecule has 0 saturated heterocycles. The van der Waals surface area contributed by atoms with Crippen molar-refractivity contribution in [1.29, 1.82) is 0 Å². The third-order valence-corrected chi connectivity index (χ3v) is 0. The zero-order valence-electron chi connectivity index (χ0n) is 5.28. The van der Waals surface area contributed by atoms with Crippen LogP contribution in [0.5, 0.6) is 0 Å². The van der Waals surface area contributed by atoms with Crippen molar-refractivity contribution in [1.82, 2.24) is 0 Å².